The molecule has 1 aliphatic heterocycles. The lowest BCUT2D eigenvalue weighted by atomic mass is 9.92. The van der Waals surface area contributed by atoms with Gasteiger partial charge in [-0.05, 0) is 80.1 Å². The van der Waals surface area contributed by atoms with E-state index in [0.29, 0.717) is 30.8 Å². The minimum atomic E-state index is -4.71. The lowest BCUT2D eigenvalue weighted by Gasteiger charge is -2.42. The summed E-state index contributed by atoms with van der Waals surface area (Å²) in [5.41, 5.74) is 7.43. The number of alkyl halides is 3. The molecule has 0 spiro atoms. The molecule has 9 heteroatoms. The van der Waals surface area contributed by atoms with Crippen LogP contribution in [0.4, 0.5) is 18.9 Å². The van der Waals surface area contributed by atoms with Crippen LogP contribution in [-0.2, 0) is 6.61 Å². The summed E-state index contributed by atoms with van der Waals surface area (Å²) >= 11 is 0. The summed E-state index contributed by atoms with van der Waals surface area (Å²) in [5, 5.41) is 8.98. The molecule has 3 N–H and O–H groups in total. The molecule has 6 nitrogen and oxygen atoms in total. The van der Waals surface area contributed by atoms with E-state index in [2.05, 4.69) is 30.4 Å². The minimum absolute atomic E-state index is 0.178. The van der Waals surface area contributed by atoms with Crippen molar-refractivity contribution in [1.29, 1.82) is 5.41 Å². The van der Waals surface area contributed by atoms with Crippen LogP contribution in [0.1, 0.15) is 45.6 Å². The predicted molar refractivity (Wildman–Crippen MR) is 132 cm³/mol. The Morgan fingerprint density at radius 1 is 1.06 bits per heavy atom. The Morgan fingerprint density at radius 3 is 2.26 bits per heavy atom. The summed E-state index contributed by atoms with van der Waals surface area (Å²) in [6, 6.07) is 13.4. The third-order valence-corrected chi connectivity index (χ3v) is 6.18. The van der Waals surface area contributed by atoms with E-state index < -0.39 is 6.36 Å². The molecule has 0 bridgehead atoms. The van der Waals surface area contributed by atoms with Gasteiger partial charge in [0.1, 0.15) is 18.1 Å². The zero-order valence-electron chi connectivity index (χ0n) is 20.6. The van der Waals surface area contributed by atoms with Crippen LogP contribution < -0.4 is 20.1 Å². The summed E-state index contributed by atoms with van der Waals surface area (Å²) in [5.74, 6) is 0.838. The normalized spacial score (nSPS) is 16.7. The van der Waals surface area contributed by atoms with Gasteiger partial charge in [0, 0.05) is 24.8 Å². The standard InChI is InChI=1S/C26H35F3N4O2/c1-19-6-4-5-15-32(19)24(31)33(18-25(2,3)17-30)21-9-13-22(14-10-21)34-16-20-7-11-23(12-8-20)35-26(27,28)29/h7-14,19,31H,4-6,15-18,30H2,1-3H3. The Bertz CT molecular complexity index is 962. The molecule has 192 valence electrons. The molecule has 2 aromatic rings. The molecule has 0 aromatic heterocycles. The number of benzene rings is 2. The molecule has 1 heterocycles. The smallest absolute Gasteiger partial charge is 0.489 e. The molecular weight excluding hydrogens is 457 g/mol. The van der Waals surface area contributed by atoms with Crippen molar-refractivity contribution in [3.8, 4) is 11.5 Å². The van der Waals surface area contributed by atoms with Crippen LogP contribution in [0.3, 0.4) is 0 Å². The van der Waals surface area contributed by atoms with Crippen LogP contribution in [-0.4, -0.2) is 42.9 Å². The van der Waals surface area contributed by atoms with E-state index in [-0.39, 0.29) is 17.8 Å². The molecule has 1 saturated heterocycles. The molecule has 1 aliphatic rings. The summed E-state index contributed by atoms with van der Waals surface area (Å²) in [4.78, 5) is 4.17. The number of piperidine rings is 1. The van der Waals surface area contributed by atoms with Gasteiger partial charge in [0.25, 0.3) is 0 Å². The predicted octanol–water partition coefficient (Wildman–Crippen LogP) is 5.76. The number of ether oxygens (including phenoxy) is 2. The molecule has 0 radical (unpaired) electrons. The zero-order chi connectivity index (χ0) is 25.6. The molecule has 1 unspecified atom stereocenters. The van der Waals surface area contributed by atoms with Crippen LogP contribution in [0.25, 0.3) is 0 Å². The number of hydrogen-bond donors (Lipinski definition) is 2. The first-order valence-electron chi connectivity index (χ1n) is 11.9. The quantitative estimate of drug-likeness (QED) is 0.362. The van der Waals surface area contributed by atoms with Crippen molar-refractivity contribution in [3.05, 3.63) is 54.1 Å². The molecule has 35 heavy (non-hydrogen) atoms. The Morgan fingerprint density at radius 2 is 1.69 bits per heavy atom. The molecule has 0 aliphatic carbocycles. The Hall–Kier alpha value is -2.94. The van der Waals surface area contributed by atoms with Gasteiger partial charge in [-0.2, -0.15) is 0 Å². The van der Waals surface area contributed by atoms with E-state index in [0.717, 1.165) is 30.6 Å². The Balaban J connectivity index is 1.68. The first-order chi connectivity index (χ1) is 16.5. The summed E-state index contributed by atoms with van der Waals surface area (Å²) in [6.07, 6.45) is -1.37. The topological polar surface area (TPSA) is 74.8 Å². The van der Waals surface area contributed by atoms with Gasteiger partial charge in [0.05, 0.1) is 0 Å². The number of anilines is 1. The zero-order valence-corrected chi connectivity index (χ0v) is 20.6. The summed E-state index contributed by atoms with van der Waals surface area (Å²) in [6.45, 7) is 8.53. The monoisotopic (exact) mass is 492 g/mol. The van der Waals surface area contributed by atoms with Crippen LogP contribution in [0.2, 0.25) is 0 Å². The van der Waals surface area contributed by atoms with E-state index in [1.54, 1.807) is 0 Å². The minimum Gasteiger partial charge on any atom is -0.489 e. The Labute approximate surface area is 205 Å². The molecular formula is C26H35F3N4O2. The van der Waals surface area contributed by atoms with Gasteiger partial charge in [-0.3, -0.25) is 5.41 Å². The number of hydrogen-bond acceptors (Lipinski definition) is 4. The van der Waals surface area contributed by atoms with Crippen LogP contribution in [0.5, 0.6) is 11.5 Å². The van der Waals surface area contributed by atoms with E-state index in [4.69, 9.17) is 15.9 Å². The van der Waals surface area contributed by atoms with Gasteiger partial charge in [-0.15, -0.1) is 13.2 Å². The van der Waals surface area contributed by atoms with E-state index in [1.165, 1.54) is 30.7 Å². The van der Waals surface area contributed by atoms with Crippen LogP contribution in [0.15, 0.2) is 48.5 Å². The fourth-order valence-electron chi connectivity index (χ4n) is 4.03. The maximum atomic E-state index is 12.3. The lowest BCUT2D eigenvalue weighted by Crippen LogP contribution is -2.53. The Kier molecular flexibility index (Phi) is 8.53. The third-order valence-electron chi connectivity index (χ3n) is 6.18. The number of guanidine groups is 1. The van der Waals surface area contributed by atoms with Crippen molar-refractivity contribution in [2.24, 2.45) is 11.1 Å². The van der Waals surface area contributed by atoms with Gasteiger partial charge < -0.3 is 25.0 Å². The average molecular weight is 493 g/mol. The van der Waals surface area contributed by atoms with Crippen molar-refractivity contribution in [2.45, 2.75) is 59.0 Å². The number of nitrogens with two attached hydrogens (primary N) is 1. The second kappa shape index (κ2) is 11.2. The number of halogens is 3. The first-order valence-corrected chi connectivity index (χ1v) is 11.9. The van der Waals surface area contributed by atoms with Crippen LogP contribution >= 0.6 is 0 Å². The highest BCUT2D eigenvalue weighted by Crippen LogP contribution is 2.28. The highest BCUT2D eigenvalue weighted by atomic mass is 19.4. The van der Waals surface area contributed by atoms with Gasteiger partial charge in [-0.25, -0.2) is 0 Å². The third kappa shape index (κ3) is 7.78. The van der Waals surface area contributed by atoms with E-state index >= 15 is 0 Å². The van der Waals surface area contributed by atoms with Crippen molar-refractivity contribution in [3.63, 3.8) is 0 Å². The van der Waals surface area contributed by atoms with Crippen molar-refractivity contribution < 1.29 is 22.6 Å². The maximum Gasteiger partial charge on any atom is 0.573 e. The molecule has 3 rings (SSSR count). The molecule has 1 fully saturated rings. The SMILES string of the molecule is CC1CCCCN1C(=N)N(CC(C)(C)CN)c1ccc(OCc2ccc(OC(F)(F)F)cc2)cc1. The second-order valence-corrected chi connectivity index (χ2v) is 9.79. The number of nitrogens with zero attached hydrogens (tertiary/aromatic N) is 2. The van der Waals surface area contributed by atoms with Crippen LogP contribution in [0, 0.1) is 10.8 Å². The lowest BCUT2D eigenvalue weighted by molar-refractivity contribution is -0.274. The van der Waals surface area contributed by atoms with E-state index in [1.807, 2.05) is 29.2 Å². The highest BCUT2D eigenvalue weighted by molar-refractivity contribution is 5.94. The second-order valence-electron chi connectivity index (χ2n) is 9.79. The maximum absolute atomic E-state index is 12.3. The van der Waals surface area contributed by atoms with Gasteiger partial charge in [0.15, 0.2) is 5.96 Å². The van der Waals surface area contributed by atoms with Crippen molar-refractivity contribution in [1.82, 2.24) is 4.90 Å². The number of nitrogens with one attached hydrogen (secondary N) is 1. The number of likely N-dealkylation sites (tertiary alicyclic amines) is 1. The van der Waals surface area contributed by atoms with E-state index in [9.17, 15) is 13.2 Å². The largest absolute Gasteiger partial charge is 0.573 e. The molecule has 0 saturated carbocycles. The summed E-state index contributed by atoms with van der Waals surface area (Å²) < 4.78 is 46.7. The molecule has 2 aromatic carbocycles. The first kappa shape index (κ1) is 26.7. The highest BCUT2D eigenvalue weighted by Gasteiger charge is 2.31. The average Bonchev–Trinajstić information content (AvgIpc) is 2.81. The number of rotatable bonds is 8. The van der Waals surface area contributed by atoms with Gasteiger partial charge >= 0.3 is 6.36 Å². The fourth-order valence-corrected chi connectivity index (χ4v) is 4.03. The van der Waals surface area contributed by atoms with Crippen molar-refractivity contribution >= 4 is 11.6 Å². The summed E-state index contributed by atoms with van der Waals surface area (Å²) in [7, 11) is 0. The fraction of sp³-hybridized carbons (Fsp3) is 0.500. The molecule has 0 amide bonds. The van der Waals surface area contributed by atoms with Crippen molar-refractivity contribution in [2.75, 3.05) is 24.5 Å². The van der Waals surface area contributed by atoms with Gasteiger partial charge in [-0.1, -0.05) is 26.0 Å². The molecule has 1 atom stereocenters. The van der Waals surface area contributed by atoms with Gasteiger partial charge in [0.2, 0.25) is 0 Å².